The van der Waals surface area contributed by atoms with Crippen LogP contribution < -0.4 is 10.9 Å². The van der Waals surface area contributed by atoms with Crippen LogP contribution in [0, 0.1) is 5.82 Å². The van der Waals surface area contributed by atoms with E-state index in [4.69, 9.17) is 0 Å². The number of carbonyl (C=O) groups is 1. The van der Waals surface area contributed by atoms with Gasteiger partial charge in [0, 0.05) is 12.3 Å². The molecule has 1 aromatic carbocycles. The molecule has 1 N–H and O–H groups in total. The van der Waals surface area contributed by atoms with Gasteiger partial charge in [0.1, 0.15) is 12.4 Å². The number of carbonyl (C=O) groups excluding carboxylic acids is 1. The number of pyridine rings is 1. The fraction of sp³-hybridized carbons (Fsp3) is 0.200. The third-order valence-electron chi connectivity index (χ3n) is 2.96. The fourth-order valence-electron chi connectivity index (χ4n) is 1.87. The lowest BCUT2D eigenvalue weighted by atomic mass is 10.1. The Labute approximate surface area is 115 Å². The molecule has 0 saturated heterocycles. The van der Waals surface area contributed by atoms with Crippen molar-refractivity contribution < 1.29 is 9.18 Å². The van der Waals surface area contributed by atoms with Crippen LogP contribution in [0.15, 0.2) is 53.5 Å². The molecule has 0 aliphatic heterocycles. The van der Waals surface area contributed by atoms with Gasteiger partial charge in [-0.3, -0.25) is 9.59 Å². The SMILES string of the molecule is CC(NC(=O)Cn1ccccc1=O)c1ccc(F)cc1. The van der Waals surface area contributed by atoms with Crippen molar-refractivity contribution in [2.24, 2.45) is 0 Å². The molecule has 0 bridgehead atoms. The highest BCUT2D eigenvalue weighted by Crippen LogP contribution is 2.12. The topological polar surface area (TPSA) is 51.1 Å². The maximum atomic E-state index is 12.8. The number of amides is 1. The van der Waals surface area contributed by atoms with Crippen molar-refractivity contribution in [2.45, 2.75) is 19.5 Å². The summed E-state index contributed by atoms with van der Waals surface area (Å²) >= 11 is 0. The lowest BCUT2D eigenvalue weighted by Gasteiger charge is -2.14. The van der Waals surface area contributed by atoms with Gasteiger partial charge in [-0.1, -0.05) is 18.2 Å². The Kier molecular flexibility index (Phi) is 4.30. The van der Waals surface area contributed by atoms with E-state index in [9.17, 15) is 14.0 Å². The molecule has 1 aromatic heterocycles. The van der Waals surface area contributed by atoms with Crippen LogP contribution in [0.2, 0.25) is 0 Å². The summed E-state index contributed by atoms with van der Waals surface area (Å²) in [5.74, 6) is -0.585. The first-order chi connectivity index (χ1) is 9.56. The third-order valence-corrected chi connectivity index (χ3v) is 2.96. The molecule has 2 aromatic rings. The Morgan fingerprint density at radius 1 is 1.25 bits per heavy atom. The van der Waals surface area contributed by atoms with Gasteiger partial charge in [-0.25, -0.2) is 4.39 Å². The van der Waals surface area contributed by atoms with Gasteiger partial charge in [-0.15, -0.1) is 0 Å². The first-order valence-electron chi connectivity index (χ1n) is 6.26. The quantitative estimate of drug-likeness (QED) is 0.925. The molecule has 0 radical (unpaired) electrons. The Morgan fingerprint density at radius 3 is 2.60 bits per heavy atom. The van der Waals surface area contributed by atoms with E-state index in [0.29, 0.717) is 0 Å². The minimum absolute atomic E-state index is 0.0365. The van der Waals surface area contributed by atoms with Crippen LogP contribution in [0.5, 0.6) is 0 Å². The Balaban J connectivity index is 1.99. The van der Waals surface area contributed by atoms with Gasteiger partial charge in [0.05, 0.1) is 6.04 Å². The van der Waals surface area contributed by atoms with Crippen molar-refractivity contribution in [3.63, 3.8) is 0 Å². The first kappa shape index (κ1) is 14.0. The molecule has 5 heteroatoms. The second kappa shape index (κ2) is 6.14. The summed E-state index contributed by atoms with van der Waals surface area (Å²) in [5.41, 5.74) is 0.581. The van der Waals surface area contributed by atoms with Crippen molar-refractivity contribution in [3.8, 4) is 0 Å². The Morgan fingerprint density at radius 2 is 1.95 bits per heavy atom. The molecule has 20 heavy (non-hydrogen) atoms. The highest BCUT2D eigenvalue weighted by Gasteiger charge is 2.10. The molecule has 1 atom stereocenters. The molecule has 0 aliphatic rings. The second-order valence-electron chi connectivity index (χ2n) is 4.51. The molecule has 2 rings (SSSR count). The molecule has 1 amide bonds. The zero-order valence-electron chi connectivity index (χ0n) is 11.0. The number of benzene rings is 1. The van der Waals surface area contributed by atoms with E-state index in [1.807, 2.05) is 0 Å². The standard InChI is InChI=1S/C15H15FN2O2/c1-11(12-5-7-13(16)8-6-12)17-14(19)10-18-9-3-2-4-15(18)20/h2-9,11H,10H2,1H3,(H,17,19). The van der Waals surface area contributed by atoms with Crippen LogP contribution in [0.25, 0.3) is 0 Å². The molecule has 1 heterocycles. The van der Waals surface area contributed by atoms with Crippen LogP contribution in [0.4, 0.5) is 4.39 Å². The molecule has 1 unspecified atom stereocenters. The average molecular weight is 274 g/mol. The Bertz CT molecular complexity index is 649. The van der Waals surface area contributed by atoms with Crippen LogP contribution >= 0.6 is 0 Å². The highest BCUT2D eigenvalue weighted by atomic mass is 19.1. The molecule has 0 fully saturated rings. The number of nitrogens with zero attached hydrogens (tertiary/aromatic N) is 1. The maximum Gasteiger partial charge on any atom is 0.250 e. The number of halogens is 1. The van der Waals surface area contributed by atoms with Gasteiger partial charge in [0.15, 0.2) is 0 Å². The minimum atomic E-state index is -0.317. The summed E-state index contributed by atoms with van der Waals surface area (Å²) < 4.78 is 14.1. The van der Waals surface area contributed by atoms with Crippen molar-refractivity contribution in [1.29, 1.82) is 0 Å². The second-order valence-corrected chi connectivity index (χ2v) is 4.51. The third kappa shape index (κ3) is 3.54. The molecule has 0 spiro atoms. The number of hydrogen-bond acceptors (Lipinski definition) is 2. The van der Waals surface area contributed by atoms with Gasteiger partial charge in [0.2, 0.25) is 5.91 Å². The summed E-state index contributed by atoms with van der Waals surface area (Å²) in [7, 11) is 0. The molecule has 104 valence electrons. The van der Waals surface area contributed by atoms with E-state index >= 15 is 0 Å². The predicted molar refractivity (Wildman–Crippen MR) is 73.7 cm³/mol. The van der Waals surface area contributed by atoms with Gasteiger partial charge < -0.3 is 9.88 Å². The van der Waals surface area contributed by atoms with Crippen LogP contribution in [0.1, 0.15) is 18.5 Å². The molecule has 4 nitrogen and oxygen atoms in total. The van der Waals surface area contributed by atoms with E-state index in [2.05, 4.69) is 5.32 Å². The Hall–Kier alpha value is -2.43. The monoisotopic (exact) mass is 274 g/mol. The lowest BCUT2D eigenvalue weighted by molar-refractivity contribution is -0.122. The summed E-state index contributed by atoms with van der Waals surface area (Å²) in [4.78, 5) is 23.4. The maximum absolute atomic E-state index is 12.8. The zero-order chi connectivity index (χ0) is 14.5. The van der Waals surface area contributed by atoms with Gasteiger partial charge in [-0.2, -0.15) is 0 Å². The zero-order valence-corrected chi connectivity index (χ0v) is 11.0. The molecular weight excluding hydrogens is 259 g/mol. The lowest BCUT2D eigenvalue weighted by Crippen LogP contribution is -2.33. The van der Waals surface area contributed by atoms with Crippen LogP contribution in [-0.4, -0.2) is 10.5 Å². The largest absolute Gasteiger partial charge is 0.348 e. The van der Waals surface area contributed by atoms with E-state index in [1.165, 1.54) is 22.8 Å². The smallest absolute Gasteiger partial charge is 0.250 e. The number of nitrogens with one attached hydrogen (secondary N) is 1. The van der Waals surface area contributed by atoms with Crippen molar-refractivity contribution in [1.82, 2.24) is 9.88 Å². The van der Waals surface area contributed by atoms with Gasteiger partial charge in [-0.05, 0) is 30.7 Å². The first-order valence-corrected chi connectivity index (χ1v) is 6.26. The van der Waals surface area contributed by atoms with Crippen molar-refractivity contribution >= 4 is 5.91 Å². The van der Waals surface area contributed by atoms with Gasteiger partial charge >= 0.3 is 0 Å². The van der Waals surface area contributed by atoms with E-state index < -0.39 is 0 Å². The highest BCUT2D eigenvalue weighted by molar-refractivity contribution is 5.76. The number of rotatable bonds is 4. The van der Waals surface area contributed by atoms with Gasteiger partial charge in [0.25, 0.3) is 5.56 Å². The van der Waals surface area contributed by atoms with Crippen molar-refractivity contribution in [3.05, 3.63) is 70.4 Å². The minimum Gasteiger partial charge on any atom is -0.348 e. The van der Waals surface area contributed by atoms with Crippen molar-refractivity contribution in [2.75, 3.05) is 0 Å². The van der Waals surface area contributed by atoms with E-state index in [1.54, 1.807) is 37.4 Å². The summed E-state index contributed by atoms with van der Waals surface area (Å²) in [5, 5.41) is 2.77. The number of hydrogen-bond donors (Lipinski definition) is 1. The molecule has 0 saturated carbocycles. The van der Waals surface area contributed by atoms with E-state index in [0.717, 1.165) is 5.56 Å². The average Bonchev–Trinajstić information content (AvgIpc) is 2.42. The summed E-state index contributed by atoms with van der Waals surface area (Å²) in [6.07, 6.45) is 1.56. The molecular formula is C15H15FN2O2. The van der Waals surface area contributed by atoms with Crippen LogP contribution in [0.3, 0.4) is 0 Å². The normalized spacial score (nSPS) is 11.9. The number of aromatic nitrogens is 1. The fourth-order valence-corrected chi connectivity index (χ4v) is 1.87. The van der Waals surface area contributed by atoms with Crippen LogP contribution in [-0.2, 0) is 11.3 Å². The predicted octanol–water partition coefficient (Wildman–Crippen LogP) is 1.86. The summed E-state index contributed by atoms with van der Waals surface area (Å²) in [6, 6.07) is 10.4. The molecule has 0 aliphatic carbocycles. The summed E-state index contributed by atoms with van der Waals surface area (Å²) in [6.45, 7) is 1.77. The van der Waals surface area contributed by atoms with E-state index in [-0.39, 0.29) is 29.9 Å².